The summed E-state index contributed by atoms with van der Waals surface area (Å²) in [5.41, 5.74) is 9.76. The fourth-order valence-corrected chi connectivity index (χ4v) is 3.87. The molecule has 3 N–H and O–H groups in total. The molecule has 0 saturated heterocycles. The fourth-order valence-electron chi connectivity index (χ4n) is 3.74. The van der Waals surface area contributed by atoms with Gasteiger partial charge in [-0.25, -0.2) is 0 Å². The van der Waals surface area contributed by atoms with Gasteiger partial charge in [0.25, 0.3) is 0 Å². The van der Waals surface area contributed by atoms with Gasteiger partial charge < -0.3 is 15.6 Å². The van der Waals surface area contributed by atoms with E-state index in [-0.39, 0.29) is 18.4 Å². The van der Waals surface area contributed by atoms with Crippen LogP contribution >= 0.6 is 24.0 Å². The van der Waals surface area contributed by atoms with Crippen molar-refractivity contribution in [3.63, 3.8) is 0 Å². The minimum atomic E-state index is -0.896. The van der Waals surface area contributed by atoms with Crippen LogP contribution in [0.1, 0.15) is 23.5 Å². The van der Waals surface area contributed by atoms with E-state index in [0.29, 0.717) is 22.9 Å². The number of hydrogen-bond acceptors (Lipinski definition) is 3. The number of fused-ring (bicyclic) bond motifs is 1. The van der Waals surface area contributed by atoms with Crippen LogP contribution in [0.3, 0.4) is 0 Å². The molecule has 0 bridgehead atoms. The quantitative estimate of drug-likeness (QED) is 0.560. The Morgan fingerprint density at radius 2 is 1.79 bits per heavy atom. The molecule has 0 fully saturated rings. The van der Waals surface area contributed by atoms with Gasteiger partial charge in [0.15, 0.2) is 0 Å². The molecule has 29 heavy (non-hydrogen) atoms. The molecule has 0 spiro atoms. The second-order valence-electron chi connectivity index (χ2n) is 6.98. The molecule has 0 heterocycles. The number of benzene rings is 3. The van der Waals surface area contributed by atoms with Crippen molar-refractivity contribution in [3.8, 4) is 22.6 Å². The molecule has 4 rings (SSSR count). The number of halogens is 2. The van der Waals surface area contributed by atoms with E-state index in [1.807, 2.05) is 66.7 Å². The Balaban J connectivity index is 0.00000240. The SMILES string of the molecule is Cl.NC1CCc2ccc(Oc3ccccc3-c3ccc(Cl)cc3)cc2C1C(=O)O. The van der Waals surface area contributed by atoms with E-state index < -0.39 is 11.9 Å². The van der Waals surface area contributed by atoms with Crippen LogP contribution in [0.5, 0.6) is 11.5 Å². The summed E-state index contributed by atoms with van der Waals surface area (Å²) in [6.45, 7) is 0. The molecule has 2 unspecified atom stereocenters. The van der Waals surface area contributed by atoms with Crippen LogP contribution in [0.4, 0.5) is 0 Å². The minimum absolute atomic E-state index is 0. The van der Waals surface area contributed by atoms with Crippen molar-refractivity contribution in [2.24, 2.45) is 5.73 Å². The number of para-hydroxylation sites is 1. The predicted molar refractivity (Wildman–Crippen MR) is 117 cm³/mol. The number of aryl methyl sites for hydroxylation is 1. The Labute approximate surface area is 180 Å². The second-order valence-corrected chi connectivity index (χ2v) is 7.42. The Hall–Kier alpha value is -2.53. The molecule has 0 saturated carbocycles. The van der Waals surface area contributed by atoms with Gasteiger partial charge in [0.05, 0.1) is 5.92 Å². The predicted octanol–water partition coefficient (Wildman–Crippen LogP) is 5.66. The summed E-state index contributed by atoms with van der Waals surface area (Å²) in [5, 5.41) is 10.3. The van der Waals surface area contributed by atoms with Crippen molar-refractivity contribution in [3.05, 3.63) is 82.9 Å². The molecule has 0 radical (unpaired) electrons. The van der Waals surface area contributed by atoms with E-state index in [4.69, 9.17) is 22.1 Å². The van der Waals surface area contributed by atoms with E-state index >= 15 is 0 Å². The Kier molecular flexibility index (Phi) is 6.48. The Morgan fingerprint density at radius 3 is 2.52 bits per heavy atom. The number of rotatable bonds is 4. The summed E-state index contributed by atoms with van der Waals surface area (Å²) in [6, 6.07) is 20.5. The Morgan fingerprint density at radius 1 is 1.07 bits per heavy atom. The molecule has 2 atom stereocenters. The first-order chi connectivity index (χ1) is 13.5. The molecule has 4 nitrogen and oxygen atoms in total. The highest BCUT2D eigenvalue weighted by Gasteiger charge is 2.33. The highest BCUT2D eigenvalue weighted by atomic mass is 35.5. The van der Waals surface area contributed by atoms with Crippen molar-refractivity contribution < 1.29 is 14.6 Å². The molecule has 3 aromatic rings. The van der Waals surface area contributed by atoms with Gasteiger partial charge in [0.2, 0.25) is 0 Å². The van der Waals surface area contributed by atoms with Gasteiger partial charge in [-0.1, -0.05) is 48.0 Å². The molecule has 1 aliphatic carbocycles. The largest absolute Gasteiger partial charge is 0.481 e. The van der Waals surface area contributed by atoms with E-state index in [0.717, 1.165) is 28.7 Å². The van der Waals surface area contributed by atoms with E-state index in [9.17, 15) is 9.90 Å². The number of nitrogens with two attached hydrogens (primary N) is 1. The van der Waals surface area contributed by atoms with Crippen LogP contribution in [0.15, 0.2) is 66.7 Å². The van der Waals surface area contributed by atoms with E-state index in [2.05, 4.69) is 0 Å². The average molecular weight is 430 g/mol. The lowest BCUT2D eigenvalue weighted by molar-refractivity contribution is -0.139. The van der Waals surface area contributed by atoms with Crippen molar-refractivity contribution >= 4 is 30.0 Å². The second kappa shape index (κ2) is 8.87. The molecule has 1 aliphatic rings. The smallest absolute Gasteiger partial charge is 0.312 e. The lowest BCUT2D eigenvalue weighted by Gasteiger charge is -2.28. The maximum atomic E-state index is 11.7. The number of ether oxygens (including phenoxy) is 1. The molecule has 150 valence electrons. The number of hydrogen-bond donors (Lipinski definition) is 2. The maximum Gasteiger partial charge on any atom is 0.312 e. The molecular weight excluding hydrogens is 409 g/mol. The topological polar surface area (TPSA) is 72.5 Å². The van der Waals surface area contributed by atoms with Gasteiger partial charge >= 0.3 is 5.97 Å². The van der Waals surface area contributed by atoms with Crippen molar-refractivity contribution in [2.45, 2.75) is 24.8 Å². The average Bonchev–Trinajstić information content (AvgIpc) is 2.68. The summed E-state index contributed by atoms with van der Waals surface area (Å²) in [4.78, 5) is 11.7. The van der Waals surface area contributed by atoms with Crippen molar-refractivity contribution in [1.82, 2.24) is 0 Å². The van der Waals surface area contributed by atoms with Gasteiger partial charge in [-0.15, -0.1) is 12.4 Å². The van der Waals surface area contributed by atoms with Gasteiger partial charge in [-0.2, -0.15) is 0 Å². The highest BCUT2D eigenvalue weighted by molar-refractivity contribution is 6.30. The molecule has 6 heteroatoms. The third kappa shape index (κ3) is 4.40. The first kappa shape index (κ1) is 21.2. The normalized spacial score (nSPS) is 17.7. The fraction of sp³-hybridized carbons (Fsp3) is 0.174. The number of carboxylic acids is 1. The van der Waals surface area contributed by atoms with Crippen LogP contribution in [0.2, 0.25) is 5.02 Å². The van der Waals surface area contributed by atoms with E-state index in [1.165, 1.54) is 0 Å². The third-order valence-electron chi connectivity index (χ3n) is 5.16. The zero-order chi connectivity index (χ0) is 19.7. The molecule has 3 aromatic carbocycles. The summed E-state index contributed by atoms with van der Waals surface area (Å²) in [7, 11) is 0. The lowest BCUT2D eigenvalue weighted by Crippen LogP contribution is -2.37. The molecular formula is C23H21Cl2NO3. The van der Waals surface area contributed by atoms with Crippen molar-refractivity contribution in [2.75, 3.05) is 0 Å². The zero-order valence-electron chi connectivity index (χ0n) is 15.5. The first-order valence-electron chi connectivity index (χ1n) is 9.17. The summed E-state index contributed by atoms with van der Waals surface area (Å²) in [5.74, 6) is -0.316. The van der Waals surface area contributed by atoms with Gasteiger partial charge in [0, 0.05) is 16.6 Å². The van der Waals surface area contributed by atoms with E-state index in [1.54, 1.807) is 0 Å². The maximum absolute atomic E-state index is 11.7. The summed E-state index contributed by atoms with van der Waals surface area (Å²) < 4.78 is 6.16. The van der Waals surface area contributed by atoms with Crippen LogP contribution in [-0.2, 0) is 11.2 Å². The highest BCUT2D eigenvalue weighted by Crippen LogP contribution is 2.37. The van der Waals surface area contributed by atoms with Crippen LogP contribution in [0.25, 0.3) is 11.1 Å². The molecule has 0 amide bonds. The molecule has 0 aromatic heterocycles. The monoisotopic (exact) mass is 429 g/mol. The third-order valence-corrected chi connectivity index (χ3v) is 5.42. The van der Waals surface area contributed by atoms with Crippen LogP contribution in [0, 0.1) is 0 Å². The number of carboxylic acid groups (broad SMARTS) is 1. The van der Waals surface area contributed by atoms with Crippen molar-refractivity contribution in [1.29, 1.82) is 0 Å². The summed E-state index contributed by atoms with van der Waals surface area (Å²) >= 11 is 6.00. The molecule has 0 aliphatic heterocycles. The standard InChI is InChI=1S/C23H20ClNO3.ClH/c24-16-9-5-14(6-10-16)18-3-1-2-4-21(18)28-17-11-7-15-8-12-20(25)22(23(26)27)19(15)13-17;/h1-7,9-11,13,20,22H,8,12,25H2,(H,26,27);1H. The van der Waals surface area contributed by atoms with Crippen LogP contribution in [-0.4, -0.2) is 17.1 Å². The number of carbonyl (C=O) groups is 1. The first-order valence-corrected chi connectivity index (χ1v) is 9.55. The van der Waals surface area contributed by atoms with Gasteiger partial charge in [-0.05, 0) is 59.9 Å². The number of aliphatic carboxylic acids is 1. The van der Waals surface area contributed by atoms with Gasteiger partial charge in [-0.3, -0.25) is 4.79 Å². The summed E-state index contributed by atoms with van der Waals surface area (Å²) in [6.07, 6.45) is 1.45. The van der Waals surface area contributed by atoms with Crippen LogP contribution < -0.4 is 10.5 Å². The lowest BCUT2D eigenvalue weighted by atomic mass is 9.79. The Bertz CT molecular complexity index is 1020. The zero-order valence-corrected chi connectivity index (χ0v) is 17.1. The minimum Gasteiger partial charge on any atom is -0.481 e. The van der Waals surface area contributed by atoms with Gasteiger partial charge in [0.1, 0.15) is 11.5 Å².